The van der Waals surface area contributed by atoms with Gasteiger partial charge in [-0.2, -0.15) is 8.78 Å². The smallest absolute Gasteiger partial charge is 0.388 e. The Hall–Kier alpha value is -3.72. The highest BCUT2D eigenvalue weighted by atomic mass is 19.3. The molecule has 1 aromatic carbocycles. The number of ether oxygens (including phenoxy) is 3. The van der Waals surface area contributed by atoms with E-state index in [0.29, 0.717) is 35.0 Å². The first-order valence-electron chi connectivity index (χ1n) is 9.92. The zero-order valence-electron chi connectivity index (χ0n) is 17.4. The largest absolute Gasteiger partial charge is 0.497 e. The molecule has 0 bridgehead atoms. The van der Waals surface area contributed by atoms with Crippen molar-refractivity contribution in [1.82, 2.24) is 9.55 Å². The summed E-state index contributed by atoms with van der Waals surface area (Å²) in [7, 11) is 1.57. The fraction of sp³-hybridized carbons (Fsp3) is 0.217. The highest BCUT2D eigenvalue weighted by Crippen LogP contribution is 2.30. The molecule has 1 N–H and O–H groups in total. The SMILES string of the molecule is CCOC1C=Cc2cc(-c3ccc(OC)cc3)c(=O)n(-c3ccc(OC(F)F)nc3)c2N1. The van der Waals surface area contributed by atoms with Gasteiger partial charge in [0, 0.05) is 23.8 Å². The Balaban J connectivity index is 1.86. The Labute approximate surface area is 182 Å². The molecule has 1 aliphatic heterocycles. The number of nitrogens with zero attached hydrogens (tertiary/aromatic N) is 2. The molecule has 9 heteroatoms. The van der Waals surface area contributed by atoms with E-state index in [1.165, 1.54) is 22.9 Å². The average molecular weight is 441 g/mol. The fourth-order valence-electron chi connectivity index (χ4n) is 3.45. The third kappa shape index (κ3) is 4.33. The molecule has 0 saturated carbocycles. The molecule has 4 rings (SSSR count). The monoisotopic (exact) mass is 441 g/mol. The van der Waals surface area contributed by atoms with Crippen LogP contribution < -0.4 is 20.3 Å². The zero-order chi connectivity index (χ0) is 22.7. The fourth-order valence-corrected chi connectivity index (χ4v) is 3.45. The lowest BCUT2D eigenvalue weighted by Gasteiger charge is -2.26. The van der Waals surface area contributed by atoms with Gasteiger partial charge in [-0.3, -0.25) is 9.36 Å². The van der Waals surface area contributed by atoms with Crippen LogP contribution >= 0.6 is 0 Å². The first-order chi connectivity index (χ1) is 15.5. The Bertz CT molecular complexity index is 1180. The summed E-state index contributed by atoms with van der Waals surface area (Å²) >= 11 is 0. The van der Waals surface area contributed by atoms with Crippen LogP contribution in [0.15, 0.2) is 59.5 Å². The number of fused-ring (bicyclic) bond motifs is 1. The number of benzene rings is 1. The van der Waals surface area contributed by atoms with Gasteiger partial charge in [0.15, 0.2) is 0 Å². The van der Waals surface area contributed by atoms with Crippen LogP contribution in [0, 0.1) is 0 Å². The normalized spacial score (nSPS) is 14.7. The number of halogens is 2. The molecule has 1 aliphatic rings. The number of hydrogen-bond donors (Lipinski definition) is 1. The quantitative estimate of drug-likeness (QED) is 0.589. The molecule has 166 valence electrons. The topological polar surface area (TPSA) is 74.6 Å². The first-order valence-corrected chi connectivity index (χ1v) is 9.92. The van der Waals surface area contributed by atoms with E-state index in [1.807, 2.05) is 19.1 Å². The van der Waals surface area contributed by atoms with Gasteiger partial charge < -0.3 is 19.5 Å². The molecule has 0 saturated heterocycles. The summed E-state index contributed by atoms with van der Waals surface area (Å²) in [5, 5.41) is 3.20. The Morgan fingerprint density at radius 1 is 1.19 bits per heavy atom. The molecule has 0 spiro atoms. The minimum atomic E-state index is -2.99. The van der Waals surface area contributed by atoms with Gasteiger partial charge in [-0.1, -0.05) is 18.2 Å². The number of pyridine rings is 2. The summed E-state index contributed by atoms with van der Waals surface area (Å²) in [6.07, 6.45) is 4.62. The molecule has 0 amide bonds. The van der Waals surface area contributed by atoms with Gasteiger partial charge in [-0.25, -0.2) is 4.98 Å². The standard InChI is InChI=1S/C23H21F2N3O4/c1-3-31-20-10-6-15-12-18(14-4-8-17(30-2)9-5-14)22(29)28(21(15)27-20)16-7-11-19(26-13-16)32-23(24)25/h4-13,20,23,27H,3H2,1-2H3. The third-order valence-corrected chi connectivity index (χ3v) is 4.90. The molecule has 3 heterocycles. The first kappa shape index (κ1) is 21.5. The number of hydrogen-bond acceptors (Lipinski definition) is 6. The van der Waals surface area contributed by atoms with Gasteiger partial charge in [0.25, 0.3) is 5.56 Å². The molecule has 0 aliphatic carbocycles. The zero-order valence-corrected chi connectivity index (χ0v) is 17.4. The van der Waals surface area contributed by atoms with E-state index in [0.717, 1.165) is 5.56 Å². The van der Waals surface area contributed by atoms with Crippen molar-refractivity contribution in [2.45, 2.75) is 19.8 Å². The van der Waals surface area contributed by atoms with Gasteiger partial charge in [-0.15, -0.1) is 0 Å². The second-order valence-electron chi connectivity index (χ2n) is 6.84. The molecular weight excluding hydrogens is 420 g/mol. The molecule has 7 nitrogen and oxygen atoms in total. The minimum Gasteiger partial charge on any atom is -0.497 e. The van der Waals surface area contributed by atoms with Crippen molar-refractivity contribution in [3.63, 3.8) is 0 Å². The second-order valence-corrected chi connectivity index (χ2v) is 6.84. The number of nitrogens with one attached hydrogen (secondary N) is 1. The molecule has 2 aromatic heterocycles. The molecule has 0 fully saturated rings. The predicted molar refractivity (Wildman–Crippen MR) is 117 cm³/mol. The molecule has 0 radical (unpaired) electrons. The van der Waals surface area contributed by atoms with Crippen LogP contribution in [0.3, 0.4) is 0 Å². The van der Waals surface area contributed by atoms with E-state index in [-0.39, 0.29) is 11.4 Å². The Kier molecular flexibility index (Phi) is 6.18. The van der Waals surface area contributed by atoms with Gasteiger partial charge in [0.05, 0.1) is 19.0 Å². The number of alkyl halides is 2. The van der Waals surface area contributed by atoms with Gasteiger partial charge in [-0.05, 0) is 42.8 Å². The number of rotatable bonds is 7. The van der Waals surface area contributed by atoms with Crippen LogP contribution in [-0.2, 0) is 4.74 Å². The summed E-state index contributed by atoms with van der Waals surface area (Å²) in [5.74, 6) is 0.946. The van der Waals surface area contributed by atoms with Gasteiger partial charge in [0.2, 0.25) is 5.88 Å². The van der Waals surface area contributed by atoms with Crippen molar-refractivity contribution in [2.75, 3.05) is 19.0 Å². The predicted octanol–water partition coefficient (Wildman–Crippen LogP) is 4.31. The summed E-state index contributed by atoms with van der Waals surface area (Å²) < 4.78 is 41.6. The van der Waals surface area contributed by atoms with E-state index >= 15 is 0 Å². The molecule has 32 heavy (non-hydrogen) atoms. The summed E-state index contributed by atoms with van der Waals surface area (Å²) in [4.78, 5) is 17.5. The highest BCUT2D eigenvalue weighted by molar-refractivity contribution is 5.76. The van der Waals surface area contributed by atoms with Crippen LogP contribution in [0.1, 0.15) is 12.5 Å². The summed E-state index contributed by atoms with van der Waals surface area (Å²) in [5.41, 5.74) is 2.01. The summed E-state index contributed by atoms with van der Waals surface area (Å²) in [6.45, 7) is -0.635. The maximum atomic E-state index is 13.6. The van der Waals surface area contributed by atoms with Crippen molar-refractivity contribution < 1.29 is 23.0 Å². The van der Waals surface area contributed by atoms with Crippen molar-refractivity contribution >= 4 is 11.9 Å². The van der Waals surface area contributed by atoms with Crippen molar-refractivity contribution in [3.05, 3.63) is 70.7 Å². The minimum absolute atomic E-state index is 0.239. The van der Waals surface area contributed by atoms with Crippen LogP contribution in [0.2, 0.25) is 0 Å². The van der Waals surface area contributed by atoms with Crippen molar-refractivity contribution in [2.24, 2.45) is 0 Å². The molecule has 3 aromatic rings. The van der Waals surface area contributed by atoms with Crippen molar-refractivity contribution in [1.29, 1.82) is 0 Å². The van der Waals surface area contributed by atoms with Crippen LogP contribution in [-0.4, -0.2) is 36.1 Å². The maximum absolute atomic E-state index is 13.6. The molecular formula is C23H21F2N3O4. The molecule has 1 atom stereocenters. The Morgan fingerprint density at radius 3 is 2.59 bits per heavy atom. The second kappa shape index (κ2) is 9.19. The number of anilines is 1. The number of methoxy groups -OCH3 is 1. The average Bonchev–Trinajstić information content (AvgIpc) is 2.79. The summed E-state index contributed by atoms with van der Waals surface area (Å²) in [6, 6.07) is 11.7. The molecule has 1 unspecified atom stereocenters. The van der Waals surface area contributed by atoms with Crippen molar-refractivity contribution in [3.8, 4) is 28.4 Å². The lowest BCUT2D eigenvalue weighted by atomic mass is 10.0. The van der Waals surface area contributed by atoms with Crippen LogP contribution in [0.25, 0.3) is 22.9 Å². The van der Waals surface area contributed by atoms with E-state index < -0.39 is 12.8 Å². The van der Waals surface area contributed by atoms with E-state index in [2.05, 4.69) is 15.0 Å². The lowest BCUT2D eigenvalue weighted by Crippen LogP contribution is -2.31. The number of aromatic nitrogens is 2. The van der Waals surface area contributed by atoms with Gasteiger partial charge >= 0.3 is 6.61 Å². The van der Waals surface area contributed by atoms with Crippen LogP contribution in [0.5, 0.6) is 11.6 Å². The van der Waals surface area contributed by atoms with E-state index in [9.17, 15) is 13.6 Å². The lowest BCUT2D eigenvalue weighted by molar-refractivity contribution is -0.0528. The maximum Gasteiger partial charge on any atom is 0.388 e. The Morgan fingerprint density at radius 2 is 1.97 bits per heavy atom. The van der Waals surface area contributed by atoms with E-state index in [4.69, 9.17) is 9.47 Å². The van der Waals surface area contributed by atoms with E-state index in [1.54, 1.807) is 37.4 Å². The third-order valence-electron chi connectivity index (χ3n) is 4.90. The van der Waals surface area contributed by atoms with Gasteiger partial charge in [0.1, 0.15) is 17.8 Å². The van der Waals surface area contributed by atoms with Crippen LogP contribution in [0.4, 0.5) is 14.6 Å². The highest BCUT2D eigenvalue weighted by Gasteiger charge is 2.21.